The predicted octanol–water partition coefficient (Wildman–Crippen LogP) is 2.38. The van der Waals surface area contributed by atoms with Gasteiger partial charge < -0.3 is 9.47 Å². The molecule has 3 rings (SSSR count). The number of rotatable bonds is 2. The molecular formula is C18H25N3O4. The van der Waals surface area contributed by atoms with Gasteiger partial charge in [-0.05, 0) is 46.6 Å². The van der Waals surface area contributed by atoms with E-state index >= 15 is 0 Å². The monoisotopic (exact) mass is 347 g/mol. The lowest BCUT2D eigenvalue weighted by molar-refractivity contribution is -0.0861. The second-order valence-corrected chi connectivity index (χ2v) is 7.79. The summed E-state index contributed by atoms with van der Waals surface area (Å²) in [6.07, 6.45) is 2.37. The number of fused-ring (bicyclic) bond motifs is 2. The van der Waals surface area contributed by atoms with Gasteiger partial charge in [-0.1, -0.05) is 0 Å². The van der Waals surface area contributed by atoms with Gasteiger partial charge in [-0.2, -0.15) is 0 Å². The molecule has 7 nitrogen and oxygen atoms in total. The average Bonchev–Trinajstić information content (AvgIpc) is 2.51. The zero-order valence-corrected chi connectivity index (χ0v) is 15.2. The number of Topliss-reactive ketones (excluding diaryl/α,β-unsaturated/α-hetero) is 1. The highest BCUT2D eigenvalue weighted by Gasteiger charge is 2.45. The van der Waals surface area contributed by atoms with Gasteiger partial charge in [0.15, 0.2) is 5.82 Å². The van der Waals surface area contributed by atoms with Crippen LogP contribution in [0.1, 0.15) is 49.9 Å². The number of hydrogen-bond donors (Lipinski definition) is 0. The van der Waals surface area contributed by atoms with Gasteiger partial charge in [-0.3, -0.25) is 9.69 Å². The molecule has 2 saturated heterocycles. The first-order valence-corrected chi connectivity index (χ1v) is 8.67. The molecule has 0 aromatic carbocycles. The van der Waals surface area contributed by atoms with E-state index in [2.05, 4.69) is 9.97 Å². The number of ether oxygens (including phenoxy) is 2. The van der Waals surface area contributed by atoms with Crippen molar-refractivity contribution < 1.29 is 19.1 Å². The molecule has 0 radical (unpaired) electrons. The zero-order chi connectivity index (χ0) is 18.2. The highest BCUT2D eigenvalue weighted by molar-refractivity contribution is 5.94. The van der Waals surface area contributed by atoms with E-state index in [1.165, 1.54) is 0 Å². The molecule has 2 bridgehead atoms. The summed E-state index contributed by atoms with van der Waals surface area (Å²) in [7, 11) is 0. The van der Waals surface area contributed by atoms with Crippen LogP contribution in [-0.2, 0) is 9.47 Å². The van der Waals surface area contributed by atoms with Crippen LogP contribution in [0.2, 0.25) is 0 Å². The molecule has 3 heterocycles. The second kappa shape index (κ2) is 6.71. The van der Waals surface area contributed by atoms with Gasteiger partial charge in [0.2, 0.25) is 5.78 Å². The number of morpholine rings is 1. The molecule has 7 heteroatoms. The van der Waals surface area contributed by atoms with E-state index in [9.17, 15) is 9.59 Å². The normalized spacial score (nSPS) is 26.2. The van der Waals surface area contributed by atoms with Gasteiger partial charge in [-0.15, -0.1) is 0 Å². The second-order valence-electron chi connectivity index (χ2n) is 7.79. The topological polar surface area (TPSA) is 81.6 Å². The molecule has 2 aliphatic rings. The molecule has 2 fully saturated rings. The summed E-state index contributed by atoms with van der Waals surface area (Å²) in [6, 6.07) is 1.46. The number of amides is 1. The molecule has 0 N–H and O–H groups in total. The average molecular weight is 347 g/mol. The number of nitrogens with zero attached hydrogens (tertiary/aromatic N) is 3. The number of piperidine rings is 1. The quantitative estimate of drug-likeness (QED) is 0.764. The van der Waals surface area contributed by atoms with E-state index in [4.69, 9.17) is 9.47 Å². The Labute approximate surface area is 147 Å². The molecular weight excluding hydrogens is 322 g/mol. The van der Waals surface area contributed by atoms with Crippen molar-refractivity contribution in [2.24, 2.45) is 5.92 Å². The third kappa shape index (κ3) is 3.98. The van der Waals surface area contributed by atoms with Crippen molar-refractivity contribution in [3.8, 4) is 0 Å². The van der Waals surface area contributed by atoms with E-state index in [1.54, 1.807) is 17.2 Å². The lowest BCUT2D eigenvalue weighted by Crippen LogP contribution is -2.60. The molecule has 25 heavy (non-hydrogen) atoms. The third-order valence-electron chi connectivity index (χ3n) is 4.51. The molecule has 0 spiro atoms. The minimum Gasteiger partial charge on any atom is -0.444 e. The van der Waals surface area contributed by atoms with Crippen molar-refractivity contribution in [2.75, 3.05) is 13.2 Å². The van der Waals surface area contributed by atoms with Crippen molar-refractivity contribution in [3.05, 3.63) is 23.8 Å². The Balaban J connectivity index is 1.75. The van der Waals surface area contributed by atoms with Crippen molar-refractivity contribution in [1.29, 1.82) is 0 Å². The van der Waals surface area contributed by atoms with Gasteiger partial charge in [0.25, 0.3) is 0 Å². The highest BCUT2D eigenvalue weighted by atomic mass is 16.6. The van der Waals surface area contributed by atoms with Gasteiger partial charge in [-0.25, -0.2) is 14.8 Å². The maximum absolute atomic E-state index is 12.8. The minimum atomic E-state index is -0.547. The highest BCUT2D eigenvalue weighted by Crippen LogP contribution is 2.34. The van der Waals surface area contributed by atoms with E-state index in [1.807, 2.05) is 27.7 Å². The van der Waals surface area contributed by atoms with E-state index in [0.29, 0.717) is 26.1 Å². The number of carbonyl (C=O) groups excluding carboxylic acids is 2. The maximum Gasteiger partial charge on any atom is 0.410 e. The summed E-state index contributed by atoms with van der Waals surface area (Å²) < 4.78 is 11.1. The summed E-state index contributed by atoms with van der Waals surface area (Å²) in [6.45, 7) is 8.24. The number of aryl methyl sites for hydroxylation is 1. The molecule has 1 aromatic heterocycles. The molecule has 1 aromatic rings. The predicted molar refractivity (Wildman–Crippen MR) is 90.3 cm³/mol. The van der Waals surface area contributed by atoms with Crippen LogP contribution >= 0.6 is 0 Å². The smallest absolute Gasteiger partial charge is 0.410 e. The molecule has 2 unspecified atom stereocenters. The molecule has 1 amide bonds. The van der Waals surface area contributed by atoms with Crippen LogP contribution in [0.25, 0.3) is 0 Å². The van der Waals surface area contributed by atoms with Crippen LogP contribution < -0.4 is 0 Å². The van der Waals surface area contributed by atoms with Crippen molar-refractivity contribution >= 4 is 11.9 Å². The molecule has 0 saturated carbocycles. The molecule has 0 aliphatic carbocycles. The fourth-order valence-corrected chi connectivity index (χ4v) is 3.49. The number of ketones is 1. The van der Waals surface area contributed by atoms with Gasteiger partial charge in [0, 0.05) is 17.8 Å². The summed E-state index contributed by atoms with van der Waals surface area (Å²) in [5.74, 6) is 0.0125. The van der Waals surface area contributed by atoms with Crippen LogP contribution in [0, 0.1) is 12.8 Å². The Hall–Kier alpha value is -2.02. The lowest BCUT2D eigenvalue weighted by atomic mass is 9.82. The summed E-state index contributed by atoms with van der Waals surface area (Å²) in [5, 5.41) is 0. The lowest BCUT2D eigenvalue weighted by Gasteiger charge is -2.47. The maximum atomic E-state index is 12.8. The number of aromatic nitrogens is 2. The van der Waals surface area contributed by atoms with Crippen LogP contribution in [-0.4, -0.2) is 57.6 Å². The van der Waals surface area contributed by atoms with Crippen molar-refractivity contribution in [2.45, 2.75) is 58.2 Å². The fourth-order valence-electron chi connectivity index (χ4n) is 3.49. The Morgan fingerprint density at radius 1 is 1.24 bits per heavy atom. The molecule has 136 valence electrons. The molecule has 2 aliphatic heterocycles. The van der Waals surface area contributed by atoms with Crippen LogP contribution in [0.3, 0.4) is 0 Å². The van der Waals surface area contributed by atoms with Crippen LogP contribution in [0.4, 0.5) is 4.79 Å². The third-order valence-corrected chi connectivity index (χ3v) is 4.51. The first-order valence-electron chi connectivity index (χ1n) is 8.67. The zero-order valence-electron chi connectivity index (χ0n) is 15.2. The number of carbonyl (C=O) groups is 2. The van der Waals surface area contributed by atoms with Gasteiger partial charge in [0.1, 0.15) is 5.60 Å². The van der Waals surface area contributed by atoms with Crippen molar-refractivity contribution in [3.63, 3.8) is 0 Å². The van der Waals surface area contributed by atoms with E-state index in [-0.39, 0.29) is 35.7 Å². The van der Waals surface area contributed by atoms with Crippen molar-refractivity contribution in [1.82, 2.24) is 14.9 Å². The van der Waals surface area contributed by atoms with Gasteiger partial charge in [0.05, 0.1) is 25.3 Å². The van der Waals surface area contributed by atoms with Gasteiger partial charge >= 0.3 is 6.09 Å². The standard InChI is InChI=1S/C18H25N3O4/c1-11-5-6-19-16(20-11)15(22)12-7-13-9-24-10-14(8-12)21(13)17(23)25-18(2,3)4/h5-6,12-14H,7-10H2,1-4H3. The Kier molecular flexibility index (Phi) is 4.77. The Morgan fingerprint density at radius 2 is 1.88 bits per heavy atom. The number of hydrogen-bond acceptors (Lipinski definition) is 6. The minimum absolute atomic E-state index is 0.0514. The fraction of sp³-hybridized carbons (Fsp3) is 0.667. The Morgan fingerprint density at radius 3 is 2.44 bits per heavy atom. The first kappa shape index (κ1) is 17.8. The van der Waals surface area contributed by atoms with Crippen LogP contribution in [0.15, 0.2) is 12.3 Å². The SMILES string of the molecule is Cc1ccnc(C(=O)C2CC3COCC(C2)N3C(=O)OC(C)(C)C)n1. The van der Waals surface area contributed by atoms with E-state index in [0.717, 1.165) is 5.69 Å². The largest absolute Gasteiger partial charge is 0.444 e. The first-order chi connectivity index (χ1) is 11.7. The summed E-state index contributed by atoms with van der Waals surface area (Å²) >= 11 is 0. The molecule has 2 atom stereocenters. The van der Waals surface area contributed by atoms with Crippen LogP contribution in [0.5, 0.6) is 0 Å². The summed E-state index contributed by atoms with van der Waals surface area (Å²) in [4.78, 5) is 35.5. The van der Waals surface area contributed by atoms with E-state index < -0.39 is 5.60 Å². The summed E-state index contributed by atoms with van der Waals surface area (Å²) in [5.41, 5.74) is 0.224. The Bertz CT molecular complexity index is 657.